The van der Waals surface area contributed by atoms with Crippen molar-refractivity contribution in [2.75, 3.05) is 11.9 Å². The van der Waals surface area contributed by atoms with Crippen LogP contribution in [0.1, 0.15) is 12.7 Å². The summed E-state index contributed by atoms with van der Waals surface area (Å²) in [6, 6.07) is 3.83. The Morgan fingerprint density at radius 1 is 1.42 bits per heavy atom. The fraction of sp³-hybridized carbons (Fsp3) is 0.250. The predicted octanol–water partition coefficient (Wildman–Crippen LogP) is 2.67. The summed E-state index contributed by atoms with van der Waals surface area (Å²) < 4.78 is 5.32. The van der Waals surface area contributed by atoms with Crippen molar-refractivity contribution in [3.05, 3.63) is 30.4 Å². The second-order valence-corrected chi connectivity index (χ2v) is 4.85. The first-order valence-corrected chi connectivity index (χ1v) is 6.95. The molecule has 7 heteroatoms. The lowest BCUT2D eigenvalue weighted by Crippen LogP contribution is -2.03. The van der Waals surface area contributed by atoms with Crippen LogP contribution in [-0.2, 0) is 5.75 Å². The van der Waals surface area contributed by atoms with Crippen LogP contribution in [0.4, 0.5) is 5.95 Å². The summed E-state index contributed by atoms with van der Waals surface area (Å²) in [6.07, 6.45) is 3.42. The van der Waals surface area contributed by atoms with Crippen LogP contribution in [0, 0.1) is 0 Å². The molecule has 0 aliphatic heterocycles. The van der Waals surface area contributed by atoms with E-state index in [4.69, 9.17) is 4.42 Å². The summed E-state index contributed by atoms with van der Waals surface area (Å²) in [7, 11) is 0. The molecule has 0 saturated heterocycles. The highest BCUT2D eigenvalue weighted by Crippen LogP contribution is 2.28. The maximum Gasteiger partial charge on any atom is 0.225 e. The summed E-state index contributed by atoms with van der Waals surface area (Å²) in [5.41, 5.74) is 0.743. The molecule has 0 aromatic carbocycles. The first kappa shape index (κ1) is 12.0. The molecule has 0 aliphatic rings. The van der Waals surface area contributed by atoms with Gasteiger partial charge in [0.2, 0.25) is 5.95 Å². The number of aromatic amines is 1. The zero-order valence-corrected chi connectivity index (χ0v) is 11.2. The maximum absolute atomic E-state index is 5.32. The SMILES string of the molecule is CCNc1nc(SCc2ccco2)c2cn[nH]c2n1. The van der Waals surface area contributed by atoms with Gasteiger partial charge in [-0.2, -0.15) is 10.1 Å². The van der Waals surface area contributed by atoms with E-state index in [2.05, 4.69) is 25.5 Å². The molecule has 0 bridgehead atoms. The molecule has 0 atom stereocenters. The number of fused-ring (bicyclic) bond motifs is 1. The molecule has 3 aromatic heterocycles. The Morgan fingerprint density at radius 2 is 2.37 bits per heavy atom. The van der Waals surface area contributed by atoms with Crippen molar-refractivity contribution in [2.24, 2.45) is 0 Å². The van der Waals surface area contributed by atoms with E-state index in [0.717, 1.165) is 34.1 Å². The number of aromatic nitrogens is 4. The van der Waals surface area contributed by atoms with Gasteiger partial charge < -0.3 is 9.73 Å². The fourth-order valence-corrected chi connectivity index (χ4v) is 2.59. The van der Waals surface area contributed by atoms with Crippen LogP contribution in [0.15, 0.2) is 34.0 Å². The van der Waals surface area contributed by atoms with Crippen LogP contribution in [0.25, 0.3) is 11.0 Å². The Labute approximate surface area is 114 Å². The summed E-state index contributed by atoms with van der Waals surface area (Å²) in [5, 5.41) is 11.8. The molecule has 0 aliphatic carbocycles. The molecule has 19 heavy (non-hydrogen) atoms. The minimum Gasteiger partial charge on any atom is -0.468 e. The van der Waals surface area contributed by atoms with Crippen molar-refractivity contribution in [3.8, 4) is 0 Å². The first-order chi connectivity index (χ1) is 9.36. The van der Waals surface area contributed by atoms with Crippen molar-refractivity contribution in [3.63, 3.8) is 0 Å². The van der Waals surface area contributed by atoms with E-state index in [0.29, 0.717) is 5.95 Å². The monoisotopic (exact) mass is 275 g/mol. The quantitative estimate of drug-likeness (QED) is 0.550. The molecule has 0 amide bonds. The van der Waals surface area contributed by atoms with Gasteiger partial charge in [-0.05, 0) is 19.1 Å². The van der Waals surface area contributed by atoms with Gasteiger partial charge >= 0.3 is 0 Å². The Kier molecular flexibility index (Phi) is 3.37. The van der Waals surface area contributed by atoms with Gasteiger partial charge in [-0.15, -0.1) is 0 Å². The predicted molar refractivity (Wildman–Crippen MR) is 74.1 cm³/mol. The average Bonchev–Trinajstić information content (AvgIpc) is 3.07. The topological polar surface area (TPSA) is 79.6 Å². The van der Waals surface area contributed by atoms with Crippen LogP contribution in [0.5, 0.6) is 0 Å². The normalized spacial score (nSPS) is 11.0. The van der Waals surface area contributed by atoms with Crippen molar-refractivity contribution in [1.29, 1.82) is 0 Å². The van der Waals surface area contributed by atoms with Gasteiger partial charge in [0.1, 0.15) is 10.8 Å². The maximum atomic E-state index is 5.32. The number of H-pyrrole nitrogens is 1. The summed E-state index contributed by atoms with van der Waals surface area (Å²) in [4.78, 5) is 8.85. The van der Waals surface area contributed by atoms with Crippen LogP contribution in [-0.4, -0.2) is 26.7 Å². The first-order valence-electron chi connectivity index (χ1n) is 5.97. The smallest absolute Gasteiger partial charge is 0.225 e. The highest BCUT2D eigenvalue weighted by Gasteiger charge is 2.10. The minimum absolute atomic E-state index is 0.612. The molecule has 0 unspecified atom stereocenters. The molecular formula is C12H13N5OS. The van der Waals surface area contributed by atoms with E-state index in [1.165, 1.54) is 0 Å². The van der Waals surface area contributed by atoms with Crippen molar-refractivity contribution in [2.45, 2.75) is 17.7 Å². The lowest BCUT2D eigenvalue weighted by Gasteiger charge is -2.05. The highest BCUT2D eigenvalue weighted by molar-refractivity contribution is 7.98. The molecule has 0 fully saturated rings. The number of nitrogens with one attached hydrogen (secondary N) is 2. The van der Waals surface area contributed by atoms with Gasteiger partial charge in [0.25, 0.3) is 0 Å². The zero-order chi connectivity index (χ0) is 13.1. The Bertz CT molecular complexity index is 664. The molecule has 2 N–H and O–H groups in total. The molecule has 0 saturated carbocycles. The van der Waals surface area contributed by atoms with Crippen molar-refractivity contribution < 1.29 is 4.42 Å². The second-order valence-electron chi connectivity index (χ2n) is 3.88. The molecule has 0 radical (unpaired) electrons. The largest absolute Gasteiger partial charge is 0.468 e. The lowest BCUT2D eigenvalue weighted by atomic mass is 10.4. The zero-order valence-electron chi connectivity index (χ0n) is 10.4. The van der Waals surface area contributed by atoms with E-state index in [-0.39, 0.29) is 0 Å². The van der Waals surface area contributed by atoms with Crippen LogP contribution < -0.4 is 5.32 Å². The molecule has 98 valence electrons. The molecule has 3 heterocycles. The lowest BCUT2D eigenvalue weighted by molar-refractivity contribution is 0.530. The van der Waals surface area contributed by atoms with Gasteiger partial charge in [-0.3, -0.25) is 5.10 Å². The van der Waals surface area contributed by atoms with Crippen LogP contribution in [0.2, 0.25) is 0 Å². The Morgan fingerprint density at radius 3 is 3.16 bits per heavy atom. The fourth-order valence-electron chi connectivity index (χ4n) is 1.69. The minimum atomic E-state index is 0.612. The molecular weight excluding hydrogens is 262 g/mol. The van der Waals surface area contributed by atoms with Gasteiger partial charge in [0.05, 0.1) is 23.6 Å². The van der Waals surface area contributed by atoms with E-state index in [1.807, 2.05) is 19.1 Å². The number of rotatable bonds is 5. The van der Waals surface area contributed by atoms with Gasteiger partial charge in [0, 0.05) is 6.54 Å². The Balaban J connectivity index is 1.89. The average molecular weight is 275 g/mol. The van der Waals surface area contributed by atoms with Gasteiger partial charge in [0.15, 0.2) is 5.65 Å². The van der Waals surface area contributed by atoms with Crippen molar-refractivity contribution in [1.82, 2.24) is 20.2 Å². The molecule has 6 nitrogen and oxygen atoms in total. The summed E-state index contributed by atoms with van der Waals surface area (Å²) in [5.74, 6) is 2.27. The van der Waals surface area contributed by atoms with Gasteiger partial charge in [-0.25, -0.2) is 4.98 Å². The second kappa shape index (κ2) is 5.31. The van der Waals surface area contributed by atoms with Crippen LogP contribution in [0.3, 0.4) is 0 Å². The Hall–Kier alpha value is -2.02. The number of thioether (sulfide) groups is 1. The third-order valence-electron chi connectivity index (χ3n) is 2.54. The molecule has 0 spiro atoms. The molecule has 3 aromatic rings. The number of anilines is 1. The van der Waals surface area contributed by atoms with Crippen LogP contribution >= 0.6 is 11.8 Å². The third-order valence-corrected chi connectivity index (χ3v) is 3.55. The van der Waals surface area contributed by atoms with Gasteiger partial charge in [-0.1, -0.05) is 11.8 Å². The number of nitrogens with zero attached hydrogens (tertiary/aromatic N) is 3. The number of hydrogen-bond acceptors (Lipinski definition) is 6. The molecule has 3 rings (SSSR count). The third kappa shape index (κ3) is 2.55. The van der Waals surface area contributed by atoms with E-state index in [1.54, 1.807) is 24.2 Å². The van der Waals surface area contributed by atoms with E-state index in [9.17, 15) is 0 Å². The van der Waals surface area contributed by atoms with Crippen molar-refractivity contribution >= 4 is 28.7 Å². The van der Waals surface area contributed by atoms with E-state index >= 15 is 0 Å². The number of furan rings is 1. The summed E-state index contributed by atoms with van der Waals surface area (Å²) in [6.45, 7) is 2.79. The number of hydrogen-bond donors (Lipinski definition) is 2. The standard InChI is InChI=1S/C12H13N5OS/c1-2-13-12-15-10-9(6-14-17-10)11(16-12)19-7-8-4-3-5-18-8/h3-6H,2,7H2,1H3,(H2,13,14,15,16,17). The highest BCUT2D eigenvalue weighted by atomic mass is 32.2. The summed E-state index contributed by atoms with van der Waals surface area (Å²) >= 11 is 1.61. The van der Waals surface area contributed by atoms with E-state index < -0.39 is 0 Å².